The van der Waals surface area contributed by atoms with E-state index in [1.54, 1.807) is 0 Å². The largest absolute Gasteiger partial charge is 0.469 e. The van der Waals surface area contributed by atoms with Crippen molar-refractivity contribution in [3.05, 3.63) is 34.9 Å². The van der Waals surface area contributed by atoms with Crippen molar-refractivity contribution in [3.63, 3.8) is 0 Å². The number of hydrogen-bond donors (Lipinski definition) is 1. The molecule has 1 atom stereocenters. The Bertz CT molecular complexity index is 401. The second-order valence-corrected chi connectivity index (χ2v) is 4.77. The van der Waals surface area contributed by atoms with Gasteiger partial charge in [-0.3, -0.25) is 4.79 Å². The smallest absolute Gasteiger partial charge is 0.305 e. The number of nitrogens with two attached hydrogens (primary N) is 1. The molecule has 0 fully saturated rings. The molecule has 3 heteroatoms. The molecule has 1 aromatic rings. The van der Waals surface area contributed by atoms with Crippen LogP contribution in [0.25, 0.3) is 0 Å². The van der Waals surface area contributed by atoms with Crippen LogP contribution in [0.15, 0.2) is 18.2 Å². The zero-order valence-corrected chi connectivity index (χ0v) is 11.5. The zero-order chi connectivity index (χ0) is 13.5. The molecule has 0 heterocycles. The van der Waals surface area contributed by atoms with Crippen molar-refractivity contribution in [1.29, 1.82) is 0 Å². The van der Waals surface area contributed by atoms with Crippen molar-refractivity contribution < 1.29 is 9.53 Å². The molecule has 100 valence electrons. The van der Waals surface area contributed by atoms with Gasteiger partial charge in [0, 0.05) is 12.5 Å². The number of hydrogen-bond acceptors (Lipinski definition) is 3. The molecule has 0 aliphatic rings. The highest BCUT2D eigenvalue weighted by atomic mass is 16.5. The van der Waals surface area contributed by atoms with Gasteiger partial charge in [0.1, 0.15) is 0 Å². The molecule has 0 aliphatic heterocycles. The van der Waals surface area contributed by atoms with Gasteiger partial charge in [-0.1, -0.05) is 24.6 Å². The molecule has 3 nitrogen and oxygen atoms in total. The molecule has 0 saturated carbocycles. The number of ether oxygens (including phenoxy) is 1. The first kappa shape index (κ1) is 14.7. The molecular weight excluding hydrogens is 226 g/mol. The highest BCUT2D eigenvalue weighted by Crippen LogP contribution is 2.20. The van der Waals surface area contributed by atoms with Gasteiger partial charge in [0.25, 0.3) is 0 Å². The summed E-state index contributed by atoms with van der Waals surface area (Å²) in [5, 5.41) is 0. The van der Waals surface area contributed by atoms with Gasteiger partial charge in [0.2, 0.25) is 0 Å². The van der Waals surface area contributed by atoms with Crippen molar-refractivity contribution in [2.24, 2.45) is 5.73 Å². The van der Waals surface area contributed by atoms with Crippen LogP contribution in [0.4, 0.5) is 0 Å². The predicted molar refractivity (Wildman–Crippen MR) is 73.3 cm³/mol. The van der Waals surface area contributed by atoms with Gasteiger partial charge >= 0.3 is 5.97 Å². The molecule has 2 N–H and O–H groups in total. The second kappa shape index (κ2) is 7.17. The topological polar surface area (TPSA) is 52.3 Å². The van der Waals surface area contributed by atoms with Crippen LogP contribution >= 0.6 is 0 Å². The maximum atomic E-state index is 11.0. The summed E-state index contributed by atoms with van der Waals surface area (Å²) in [6.45, 7) is 4.20. The molecular formula is C15H23NO2. The monoisotopic (exact) mass is 249 g/mol. The zero-order valence-electron chi connectivity index (χ0n) is 11.5. The van der Waals surface area contributed by atoms with Gasteiger partial charge in [-0.15, -0.1) is 0 Å². The van der Waals surface area contributed by atoms with Crippen LogP contribution in [-0.4, -0.2) is 13.1 Å². The number of methoxy groups -OCH3 is 1. The van der Waals surface area contributed by atoms with E-state index in [1.165, 1.54) is 23.8 Å². The molecule has 0 amide bonds. The fourth-order valence-corrected chi connectivity index (χ4v) is 1.90. The first-order valence-corrected chi connectivity index (χ1v) is 6.44. The first-order valence-electron chi connectivity index (χ1n) is 6.44. The number of esters is 1. The predicted octanol–water partition coefficient (Wildman–Crippen LogP) is 3.04. The highest BCUT2D eigenvalue weighted by molar-refractivity contribution is 5.68. The molecule has 0 aliphatic carbocycles. The van der Waals surface area contributed by atoms with Crippen LogP contribution in [0, 0.1) is 13.8 Å². The molecule has 1 unspecified atom stereocenters. The number of rotatable bonds is 6. The molecule has 0 aromatic heterocycles. The van der Waals surface area contributed by atoms with Crippen LogP contribution in [0.2, 0.25) is 0 Å². The number of unbranched alkanes of at least 4 members (excludes halogenated alkanes) is 1. The van der Waals surface area contributed by atoms with Gasteiger partial charge in [0.15, 0.2) is 0 Å². The minimum absolute atomic E-state index is 0.0574. The number of aryl methyl sites for hydroxylation is 2. The lowest BCUT2D eigenvalue weighted by molar-refractivity contribution is -0.140. The minimum Gasteiger partial charge on any atom is -0.469 e. The maximum Gasteiger partial charge on any atom is 0.305 e. The van der Waals surface area contributed by atoms with E-state index in [0.29, 0.717) is 6.42 Å². The summed E-state index contributed by atoms with van der Waals surface area (Å²) >= 11 is 0. The van der Waals surface area contributed by atoms with Crippen molar-refractivity contribution >= 4 is 5.97 Å². The normalized spacial score (nSPS) is 12.2. The van der Waals surface area contributed by atoms with Crippen molar-refractivity contribution in [1.82, 2.24) is 0 Å². The van der Waals surface area contributed by atoms with Crippen LogP contribution in [-0.2, 0) is 9.53 Å². The number of carbonyl (C=O) groups excluding carboxylic acids is 1. The summed E-state index contributed by atoms with van der Waals surface area (Å²) in [6.07, 6.45) is 3.17. The maximum absolute atomic E-state index is 11.0. The van der Waals surface area contributed by atoms with E-state index in [4.69, 9.17) is 5.73 Å². The average molecular weight is 249 g/mol. The minimum atomic E-state index is -0.144. The molecule has 0 bridgehead atoms. The van der Waals surface area contributed by atoms with Crippen LogP contribution in [0.3, 0.4) is 0 Å². The standard InChI is InChI=1S/C15H23NO2/c1-11-8-9-13(10-12(11)2)14(16)6-4-5-7-15(17)18-3/h8-10,14H,4-7,16H2,1-3H3. The van der Waals surface area contributed by atoms with E-state index in [2.05, 4.69) is 36.8 Å². The summed E-state index contributed by atoms with van der Waals surface area (Å²) in [5.74, 6) is -0.144. The summed E-state index contributed by atoms with van der Waals surface area (Å²) in [6, 6.07) is 6.41. The fourth-order valence-electron chi connectivity index (χ4n) is 1.90. The van der Waals surface area contributed by atoms with Crippen LogP contribution < -0.4 is 5.73 Å². The van der Waals surface area contributed by atoms with E-state index in [9.17, 15) is 4.79 Å². The Morgan fingerprint density at radius 3 is 2.61 bits per heavy atom. The third kappa shape index (κ3) is 4.49. The van der Waals surface area contributed by atoms with Gasteiger partial charge in [-0.25, -0.2) is 0 Å². The molecule has 1 rings (SSSR count). The summed E-state index contributed by atoms with van der Waals surface area (Å²) in [5.41, 5.74) is 9.89. The quantitative estimate of drug-likeness (QED) is 0.622. The van der Waals surface area contributed by atoms with E-state index in [0.717, 1.165) is 19.3 Å². The second-order valence-electron chi connectivity index (χ2n) is 4.77. The third-order valence-corrected chi connectivity index (χ3v) is 3.33. The SMILES string of the molecule is COC(=O)CCCCC(N)c1ccc(C)c(C)c1. The van der Waals surface area contributed by atoms with Crippen LogP contribution in [0.5, 0.6) is 0 Å². The molecule has 0 radical (unpaired) electrons. The molecule has 18 heavy (non-hydrogen) atoms. The van der Waals surface area contributed by atoms with E-state index >= 15 is 0 Å². The number of carbonyl (C=O) groups is 1. The first-order chi connectivity index (χ1) is 8.54. The van der Waals surface area contributed by atoms with E-state index in [-0.39, 0.29) is 12.0 Å². The van der Waals surface area contributed by atoms with Crippen molar-refractivity contribution in [3.8, 4) is 0 Å². The lowest BCUT2D eigenvalue weighted by Crippen LogP contribution is -2.11. The van der Waals surface area contributed by atoms with Crippen molar-refractivity contribution in [2.75, 3.05) is 7.11 Å². The Kier molecular flexibility index (Phi) is 5.86. The molecule has 0 saturated heterocycles. The lowest BCUT2D eigenvalue weighted by Gasteiger charge is -2.13. The molecule has 1 aromatic carbocycles. The van der Waals surface area contributed by atoms with Gasteiger partial charge in [0.05, 0.1) is 7.11 Å². The molecule has 0 spiro atoms. The van der Waals surface area contributed by atoms with Crippen LogP contribution in [0.1, 0.15) is 48.4 Å². The highest BCUT2D eigenvalue weighted by Gasteiger charge is 2.07. The third-order valence-electron chi connectivity index (χ3n) is 3.33. The van der Waals surface area contributed by atoms with E-state index < -0.39 is 0 Å². The summed E-state index contributed by atoms with van der Waals surface area (Å²) < 4.78 is 4.60. The Labute approximate surface area is 109 Å². The Morgan fingerprint density at radius 1 is 1.28 bits per heavy atom. The Morgan fingerprint density at radius 2 is 2.00 bits per heavy atom. The Hall–Kier alpha value is -1.35. The number of benzene rings is 1. The summed E-state index contributed by atoms with van der Waals surface area (Å²) in [4.78, 5) is 11.0. The van der Waals surface area contributed by atoms with E-state index in [1.807, 2.05) is 0 Å². The fraction of sp³-hybridized carbons (Fsp3) is 0.533. The van der Waals surface area contributed by atoms with Gasteiger partial charge in [-0.2, -0.15) is 0 Å². The average Bonchev–Trinajstić information content (AvgIpc) is 2.37. The lowest BCUT2D eigenvalue weighted by atomic mass is 9.98. The van der Waals surface area contributed by atoms with Crippen molar-refractivity contribution in [2.45, 2.75) is 45.6 Å². The summed E-state index contributed by atoms with van der Waals surface area (Å²) in [7, 11) is 1.42. The van der Waals surface area contributed by atoms with Gasteiger partial charge < -0.3 is 10.5 Å². The van der Waals surface area contributed by atoms with Gasteiger partial charge in [-0.05, 0) is 43.4 Å². The Balaban J connectivity index is 2.38.